The Balaban J connectivity index is 1.83. The van der Waals surface area contributed by atoms with Crippen LogP contribution < -0.4 is 0 Å². The van der Waals surface area contributed by atoms with Gasteiger partial charge in [-0.1, -0.05) is 24.3 Å². The number of aromatic nitrogens is 1. The highest BCUT2D eigenvalue weighted by Gasteiger charge is 2.38. The van der Waals surface area contributed by atoms with Crippen LogP contribution in [0.5, 0.6) is 0 Å². The molecule has 1 aromatic carbocycles. The maximum Gasteiger partial charge on any atom is 0.308 e. The van der Waals surface area contributed by atoms with E-state index in [2.05, 4.69) is 28.9 Å². The summed E-state index contributed by atoms with van der Waals surface area (Å²) in [4.78, 5) is 18.1. The first kappa shape index (κ1) is 15.7. The number of carboxylic acids is 1. The maximum absolute atomic E-state index is 11.7. The van der Waals surface area contributed by atoms with Crippen LogP contribution in [0.4, 0.5) is 0 Å². The van der Waals surface area contributed by atoms with Crippen LogP contribution in [-0.2, 0) is 11.3 Å². The Kier molecular flexibility index (Phi) is 4.44. The monoisotopic (exact) mass is 310 g/mol. The SMILES string of the molecule is Cc1cnccc1CN1C[C@@H](C(=O)O)[C@H](c2ccccc2C)C1. The minimum Gasteiger partial charge on any atom is -0.481 e. The van der Waals surface area contributed by atoms with E-state index in [1.54, 1.807) is 6.20 Å². The highest BCUT2D eigenvalue weighted by molar-refractivity contribution is 5.72. The summed E-state index contributed by atoms with van der Waals surface area (Å²) >= 11 is 0. The average Bonchev–Trinajstić information content (AvgIpc) is 2.94. The van der Waals surface area contributed by atoms with Crippen molar-refractivity contribution in [1.82, 2.24) is 9.88 Å². The van der Waals surface area contributed by atoms with Crippen LogP contribution in [0.25, 0.3) is 0 Å². The van der Waals surface area contributed by atoms with E-state index in [-0.39, 0.29) is 11.8 Å². The number of carbonyl (C=O) groups is 1. The number of rotatable bonds is 4. The van der Waals surface area contributed by atoms with Gasteiger partial charge in [-0.05, 0) is 42.2 Å². The van der Waals surface area contributed by atoms with Gasteiger partial charge < -0.3 is 5.11 Å². The molecule has 2 atom stereocenters. The summed E-state index contributed by atoms with van der Waals surface area (Å²) in [5.41, 5.74) is 4.70. The van der Waals surface area contributed by atoms with Gasteiger partial charge >= 0.3 is 5.97 Å². The fourth-order valence-electron chi connectivity index (χ4n) is 3.50. The number of pyridine rings is 1. The van der Waals surface area contributed by atoms with Crippen molar-refractivity contribution in [2.45, 2.75) is 26.3 Å². The summed E-state index contributed by atoms with van der Waals surface area (Å²) in [6, 6.07) is 10.1. The van der Waals surface area contributed by atoms with E-state index in [1.807, 2.05) is 31.3 Å². The molecule has 4 nitrogen and oxygen atoms in total. The summed E-state index contributed by atoms with van der Waals surface area (Å²) in [5, 5.41) is 9.64. The molecule has 1 aliphatic rings. The molecule has 2 aromatic rings. The molecule has 1 saturated heterocycles. The number of benzene rings is 1. The van der Waals surface area contributed by atoms with Gasteiger partial charge in [0, 0.05) is 37.9 Å². The first-order valence-corrected chi connectivity index (χ1v) is 7.96. The third kappa shape index (κ3) is 3.27. The zero-order valence-corrected chi connectivity index (χ0v) is 13.6. The number of aryl methyl sites for hydroxylation is 2. The van der Waals surface area contributed by atoms with Gasteiger partial charge in [0.2, 0.25) is 0 Å². The zero-order chi connectivity index (χ0) is 16.4. The maximum atomic E-state index is 11.7. The Labute approximate surface area is 136 Å². The third-order valence-corrected chi connectivity index (χ3v) is 4.83. The molecule has 120 valence electrons. The van der Waals surface area contributed by atoms with Gasteiger partial charge in [-0.15, -0.1) is 0 Å². The lowest BCUT2D eigenvalue weighted by atomic mass is 9.86. The summed E-state index contributed by atoms with van der Waals surface area (Å²) in [6.07, 6.45) is 3.66. The van der Waals surface area contributed by atoms with Crippen molar-refractivity contribution in [3.63, 3.8) is 0 Å². The number of aliphatic carboxylic acids is 1. The molecule has 3 rings (SSSR count). The number of likely N-dealkylation sites (tertiary alicyclic amines) is 1. The number of hydrogen-bond acceptors (Lipinski definition) is 3. The van der Waals surface area contributed by atoms with Crippen LogP contribution in [0, 0.1) is 19.8 Å². The first-order chi connectivity index (χ1) is 11.1. The van der Waals surface area contributed by atoms with Gasteiger partial charge in [0.25, 0.3) is 0 Å². The second-order valence-corrected chi connectivity index (χ2v) is 6.40. The highest BCUT2D eigenvalue weighted by Crippen LogP contribution is 2.35. The normalized spacial score (nSPS) is 21.5. The fraction of sp³-hybridized carbons (Fsp3) is 0.368. The predicted molar refractivity (Wildman–Crippen MR) is 89.3 cm³/mol. The molecule has 0 saturated carbocycles. The molecular weight excluding hydrogens is 288 g/mol. The molecule has 2 heterocycles. The molecule has 0 unspecified atom stereocenters. The van der Waals surface area contributed by atoms with Crippen molar-refractivity contribution in [2.24, 2.45) is 5.92 Å². The molecule has 23 heavy (non-hydrogen) atoms. The minimum absolute atomic E-state index is 0.0517. The predicted octanol–water partition coefficient (Wildman–Crippen LogP) is 3.00. The molecule has 0 aliphatic carbocycles. The summed E-state index contributed by atoms with van der Waals surface area (Å²) < 4.78 is 0. The lowest BCUT2D eigenvalue weighted by Crippen LogP contribution is -2.23. The standard InChI is InChI=1S/C19H22N2O2/c1-13-5-3-4-6-16(13)17-11-21(12-18(17)19(22)23)10-15-7-8-20-9-14(15)2/h3-9,17-18H,10-12H2,1-2H3,(H,22,23)/t17-,18+/m0/s1. The summed E-state index contributed by atoms with van der Waals surface area (Å²) in [6.45, 7) is 6.26. The zero-order valence-electron chi connectivity index (χ0n) is 13.6. The number of carboxylic acid groups (broad SMARTS) is 1. The van der Waals surface area contributed by atoms with E-state index < -0.39 is 5.97 Å². The molecule has 1 aromatic heterocycles. The van der Waals surface area contributed by atoms with Crippen molar-refractivity contribution in [3.8, 4) is 0 Å². The van der Waals surface area contributed by atoms with E-state index in [0.29, 0.717) is 6.54 Å². The highest BCUT2D eigenvalue weighted by atomic mass is 16.4. The van der Waals surface area contributed by atoms with E-state index in [0.717, 1.165) is 24.2 Å². The van der Waals surface area contributed by atoms with E-state index in [9.17, 15) is 9.90 Å². The van der Waals surface area contributed by atoms with Gasteiger partial charge in [-0.3, -0.25) is 14.7 Å². The van der Waals surface area contributed by atoms with E-state index >= 15 is 0 Å². The third-order valence-electron chi connectivity index (χ3n) is 4.83. The Morgan fingerprint density at radius 3 is 2.70 bits per heavy atom. The van der Waals surface area contributed by atoms with Crippen molar-refractivity contribution in [3.05, 3.63) is 65.0 Å². The van der Waals surface area contributed by atoms with Crippen molar-refractivity contribution in [2.75, 3.05) is 13.1 Å². The quantitative estimate of drug-likeness (QED) is 0.943. The van der Waals surface area contributed by atoms with Crippen LogP contribution >= 0.6 is 0 Å². The number of hydrogen-bond donors (Lipinski definition) is 1. The largest absolute Gasteiger partial charge is 0.481 e. The molecule has 1 fully saturated rings. The molecule has 0 bridgehead atoms. The van der Waals surface area contributed by atoms with Crippen LogP contribution in [0.15, 0.2) is 42.7 Å². The van der Waals surface area contributed by atoms with Gasteiger partial charge in [0.15, 0.2) is 0 Å². The molecule has 1 aliphatic heterocycles. The topological polar surface area (TPSA) is 53.4 Å². The van der Waals surface area contributed by atoms with Gasteiger partial charge in [-0.2, -0.15) is 0 Å². The van der Waals surface area contributed by atoms with Crippen molar-refractivity contribution < 1.29 is 9.90 Å². The number of nitrogens with zero attached hydrogens (tertiary/aromatic N) is 2. The van der Waals surface area contributed by atoms with Gasteiger partial charge in [0.05, 0.1) is 5.92 Å². The second kappa shape index (κ2) is 6.50. The van der Waals surface area contributed by atoms with E-state index in [1.165, 1.54) is 11.1 Å². The molecule has 4 heteroatoms. The minimum atomic E-state index is -0.702. The molecule has 0 spiro atoms. The molecule has 0 amide bonds. The van der Waals surface area contributed by atoms with Crippen LogP contribution in [-0.4, -0.2) is 34.0 Å². The summed E-state index contributed by atoms with van der Waals surface area (Å²) in [5.74, 6) is -0.999. The van der Waals surface area contributed by atoms with E-state index in [4.69, 9.17) is 0 Å². The Morgan fingerprint density at radius 2 is 2.00 bits per heavy atom. The molecule has 0 radical (unpaired) electrons. The Bertz CT molecular complexity index is 714. The Hall–Kier alpha value is -2.20. The smallest absolute Gasteiger partial charge is 0.308 e. The lowest BCUT2D eigenvalue weighted by molar-refractivity contribution is -0.141. The van der Waals surface area contributed by atoms with Gasteiger partial charge in [-0.25, -0.2) is 0 Å². The van der Waals surface area contributed by atoms with Crippen LogP contribution in [0.2, 0.25) is 0 Å². The molecule has 1 N–H and O–H groups in total. The molecular formula is C19H22N2O2. The second-order valence-electron chi connectivity index (χ2n) is 6.40. The Morgan fingerprint density at radius 1 is 1.22 bits per heavy atom. The lowest BCUT2D eigenvalue weighted by Gasteiger charge is -2.18. The van der Waals surface area contributed by atoms with Crippen molar-refractivity contribution in [1.29, 1.82) is 0 Å². The fourth-order valence-corrected chi connectivity index (χ4v) is 3.50. The van der Waals surface area contributed by atoms with Gasteiger partial charge in [0.1, 0.15) is 0 Å². The van der Waals surface area contributed by atoms with Crippen molar-refractivity contribution >= 4 is 5.97 Å². The first-order valence-electron chi connectivity index (χ1n) is 7.96. The summed E-state index contributed by atoms with van der Waals surface area (Å²) in [7, 11) is 0. The average molecular weight is 310 g/mol. The van der Waals surface area contributed by atoms with Crippen LogP contribution in [0.1, 0.15) is 28.2 Å². The van der Waals surface area contributed by atoms with Crippen LogP contribution in [0.3, 0.4) is 0 Å².